The van der Waals surface area contributed by atoms with Crippen molar-refractivity contribution in [1.82, 2.24) is 20.3 Å². The van der Waals surface area contributed by atoms with Gasteiger partial charge >= 0.3 is 0 Å². The number of nitrogens with zero attached hydrogens (tertiary/aromatic N) is 5. The molecule has 0 bridgehead atoms. The zero-order valence-electron chi connectivity index (χ0n) is 25.3. The molecule has 1 aliphatic heterocycles. The van der Waals surface area contributed by atoms with Crippen LogP contribution in [-0.4, -0.2) is 66.5 Å². The molecule has 10 nitrogen and oxygen atoms in total. The average molecular weight is 582 g/mol. The van der Waals surface area contributed by atoms with Gasteiger partial charge in [-0.15, -0.1) is 0 Å². The number of hydrogen-bond acceptors (Lipinski definition) is 10. The van der Waals surface area contributed by atoms with E-state index in [0.717, 1.165) is 52.3 Å². The van der Waals surface area contributed by atoms with E-state index < -0.39 is 0 Å². The number of ether oxygens (including phenoxy) is 2. The molecule has 0 atom stereocenters. The maximum Gasteiger partial charge on any atom is 0.293 e. The lowest BCUT2D eigenvalue weighted by Gasteiger charge is -2.40. The summed E-state index contributed by atoms with van der Waals surface area (Å²) in [5, 5.41) is 4.37. The maximum absolute atomic E-state index is 9.60. The van der Waals surface area contributed by atoms with Crippen molar-refractivity contribution in [3.63, 3.8) is 0 Å². The first kappa shape index (κ1) is 31.1. The maximum atomic E-state index is 9.60. The topological polar surface area (TPSA) is 128 Å². The van der Waals surface area contributed by atoms with Crippen molar-refractivity contribution in [1.29, 1.82) is 0 Å². The lowest BCUT2D eigenvalue weighted by atomic mass is 10.0. The minimum atomic E-state index is -0.318. The number of anilines is 1. The number of carbonyl (C=O) groups excluding carboxylic acids is 1. The number of likely N-dealkylation sites (N-methyl/N-ethyl adjacent to an activating group) is 1. The summed E-state index contributed by atoms with van der Waals surface area (Å²) in [6.07, 6.45) is 5.25. The van der Waals surface area contributed by atoms with E-state index in [2.05, 4.69) is 31.0 Å². The van der Waals surface area contributed by atoms with Gasteiger partial charge in [-0.05, 0) is 87.5 Å². The molecule has 0 amide bonds. The number of fused-ring (bicyclic) bond motifs is 1. The predicted molar refractivity (Wildman–Crippen MR) is 172 cm³/mol. The van der Waals surface area contributed by atoms with Crippen LogP contribution in [0.3, 0.4) is 0 Å². The van der Waals surface area contributed by atoms with E-state index in [-0.39, 0.29) is 12.2 Å². The van der Waals surface area contributed by atoms with Crippen molar-refractivity contribution >= 4 is 40.7 Å². The van der Waals surface area contributed by atoms with Crippen LogP contribution in [0.5, 0.6) is 5.75 Å². The number of benzene rings is 2. The van der Waals surface area contributed by atoms with E-state index in [1.807, 2.05) is 82.4 Å². The third-order valence-corrected chi connectivity index (χ3v) is 6.69. The molecule has 1 fully saturated rings. The van der Waals surface area contributed by atoms with E-state index in [0.29, 0.717) is 24.0 Å². The molecular formula is C33H39N7O3. The molecule has 1 saturated heterocycles. The standard InChI is InChI=1S/C28H29N7O.C5H10O2/c1-30-15-24(19-11-13-32-14-12-19)27(29)20-7-9-22(10-8-20)36-18-26-33-25-6-4-3-5-23(25)28(34-26)35-16-21(17-35)31-2;1-5(2,3)7-4-6/h3-15,21,31H,16-18,29H2,1-2H3;4H,1-3H3/b27-24+,30-15?;. The highest BCUT2D eigenvalue weighted by molar-refractivity contribution is 6.18. The van der Waals surface area contributed by atoms with Crippen molar-refractivity contribution in [3.05, 3.63) is 90.0 Å². The summed E-state index contributed by atoms with van der Waals surface area (Å²) >= 11 is 0. The quantitative estimate of drug-likeness (QED) is 0.217. The molecular weight excluding hydrogens is 542 g/mol. The third-order valence-electron chi connectivity index (χ3n) is 6.69. The summed E-state index contributed by atoms with van der Waals surface area (Å²) in [5.41, 5.74) is 10.4. The van der Waals surface area contributed by atoms with Gasteiger partial charge in [0.15, 0.2) is 5.82 Å². The van der Waals surface area contributed by atoms with Gasteiger partial charge in [0.25, 0.3) is 6.47 Å². The molecule has 0 aliphatic carbocycles. The molecule has 0 spiro atoms. The zero-order valence-corrected chi connectivity index (χ0v) is 25.3. The smallest absolute Gasteiger partial charge is 0.293 e. The van der Waals surface area contributed by atoms with Gasteiger partial charge in [-0.3, -0.25) is 14.8 Å². The third kappa shape index (κ3) is 8.36. The summed E-state index contributed by atoms with van der Waals surface area (Å²) in [4.78, 5) is 29.7. The number of pyridine rings is 1. The second-order valence-corrected chi connectivity index (χ2v) is 11.0. The molecule has 2 aromatic heterocycles. The molecule has 0 saturated carbocycles. The second kappa shape index (κ2) is 14.4. The Kier molecular flexibility index (Phi) is 10.4. The van der Waals surface area contributed by atoms with Crippen LogP contribution in [0.2, 0.25) is 0 Å². The van der Waals surface area contributed by atoms with Gasteiger partial charge < -0.3 is 25.4 Å². The van der Waals surface area contributed by atoms with Gasteiger partial charge in [0.1, 0.15) is 23.8 Å². The molecule has 10 heteroatoms. The average Bonchev–Trinajstić information content (AvgIpc) is 2.98. The first-order chi connectivity index (χ1) is 20.7. The molecule has 1 aliphatic rings. The highest BCUT2D eigenvalue weighted by atomic mass is 16.5. The van der Waals surface area contributed by atoms with Crippen LogP contribution in [0.25, 0.3) is 22.2 Å². The number of aliphatic imine (C=N–C) groups is 1. The summed E-state index contributed by atoms with van der Waals surface area (Å²) in [7, 11) is 3.72. The van der Waals surface area contributed by atoms with Crippen LogP contribution < -0.4 is 20.7 Å². The van der Waals surface area contributed by atoms with E-state index >= 15 is 0 Å². The predicted octanol–water partition coefficient (Wildman–Crippen LogP) is 4.50. The normalized spacial score (nSPS) is 14.0. The Balaban J connectivity index is 0.000000541. The Morgan fingerprint density at radius 3 is 2.35 bits per heavy atom. The van der Waals surface area contributed by atoms with Crippen LogP contribution in [0, 0.1) is 0 Å². The molecule has 5 rings (SSSR count). The van der Waals surface area contributed by atoms with Gasteiger partial charge in [-0.1, -0.05) is 12.1 Å². The highest BCUT2D eigenvalue weighted by Crippen LogP contribution is 2.28. The molecule has 3 heterocycles. The summed E-state index contributed by atoms with van der Waals surface area (Å²) < 4.78 is 10.6. The fraction of sp³-hybridized carbons (Fsp3) is 0.303. The van der Waals surface area contributed by atoms with E-state index in [9.17, 15) is 4.79 Å². The minimum absolute atomic E-state index is 0.274. The number of para-hydroxylation sites is 1. The van der Waals surface area contributed by atoms with E-state index in [1.54, 1.807) is 25.7 Å². The van der Waals surface area contributed by atoms with Crippen molar-refractivity contribution in [3.8, 4) is 5.75 Å². The van der Waals surface area contributed by atoms with Gasteiger partial charge in [0, 0.05) is 61.4 Å². The highest BCUT2D eigenvalue weighted by Gasteiger charge is 2.28. The van der Waals surface area contributed by atoms with Crippen molar-refractivity contribution in [2.24, 2.45) is 10.7 Å². The lowest BCUT2D eigenvalue weighted by molar-refractivity contribution is -0.138. The van der Waals surface area contributed by atoms with Crippen LogP contribution in [-0.2, 0) is 16.1 Å². The Labute approximate surface area is 252 Å². The van der Waals surface area contributed by atoms with Crippen molar-refractivity contribution < 1.29 is 14.3 Å². The lowest BCUT2D eigenvalue weighted by Crippen LogP contribution is -2.57. The molecule has 0 unspecified atom stereocenters. The number of hydrogen-bond donors (Lipinski definition) is 2. The van der Waals surface area contributed by atoms with Gasteiger partial charge in [-0.2, -0.15) is 0 Å². The molecule has 43 heavy (non-hydrogen) atoms. The zero-order chi connectivity index (χ0) is 30.8. The number of nitrogens with one attached hydrogen (secondary N) is 1. The summed E-state index contributed by atoms with van der Waals surface area (Å²) in [6.45, 7) is 8.05. The Hall–Kier alpha value is -4.83. The fourth-order valence-electron chi connectivity index (χ4n) is 4.39. The molecule has 2 aromatic carbocycles. The summed E-state index contributed by atoms with van der Waals surface area (Å²) in [6, 6.07) is 20.1. The monoisotopic (exact) mass is 581 g/mol. The Morgan fingerprint density at radius 2 is 1.74 bits per heavy atom. The van der Waals surface area contributed by atoms with Crippen LogP contribution in [0.15, 0.2) is 78.0 Å². The molecule has 4 aromatic rings. The van der Waals surface area contributed by atoms with Crippen LogP contribution >= 0.6 is 0 Å². The Morgan fingerprint density at radius 1 is 1.05 bits per heavy atom. The van der Waals surface area contributed by atoms with Crippen molar-refractivity contribution in [2.75, 3.05) is 32.1 Å². The second-order valence-electron chi connectivity index (χ2n) is 11.0. The number of allylic oxidation sites excluding steroid dienone is 1. The first-order valence-corrected chi connectivity index (χ1v) is 14.1. The van der Waals surface area contributed by atoms with Gasteiger partial charge in [-0.25, -0.2) is 9.97 Å². The Bertz CT molecular complexity index is 1560. The molecule has 224 valence electrons. The SMILES string of the molecule is CC(C)(C)OC=O.CN=C/C(=C(\N)c1ccc(OCc2nc(N3CC(NC)C3)c3ccccc3n2)cc1)c1ccncc1. The minimum Gasteiger partial charge on any atom is -0.486 e. The van der Waals surface area contributed by atoms with Crippen molar-refractivity contribution in [2.45, 2.75) is 39.0 Å². The van der Waals surface area contributed by atoms with Gasteiger partial charge in [0.05, 0.1) is 5.52 Å². The molecule has 3 N–H and O–H groups in total. The molecule has 0 radical (unpaired) electrons. The number of carbonyl (C=O) groups is 1. The van der Waals surface area contributed by atoms with E-state index in [1.165, 1.54) is 0 Å². The van der Waals surface area contributed by atoms with E-state index in [4.69, 9.17) is 20.4 Å². The largest absolute Gasteiger partial charge is 0.486 e. The van der Waals surface area contributed by atoms with Gasteiger partial charge in [0.2, 0.25) is 0 Å². The fourth-order valence-corrected chi connectivity index (χ4v) is 4.39. The first-order valence-electron chi connectivity index (χ1n) is 14.1. The van der Waals surface area contributed by atoms with Crippen LogP contribution in [0.4, 0.5) is 5.82 Å². The number of rotatable bonds is 9. The summed E-state index contributed by atoms with van der Waals surface area (Å²) in [5.74, 6) is 2.33. The number of aromatic nitrogens is 3. The number of nitrogens with two attached hydrogens (primary N) is 1. The van der Waals surface area contributed by atoms with Crippen LogP contribution in [0.1, 0.15) is 37.7 Å².